The third kappa shape index (κ3) is 55.4. The zero-order valence-electron chi connectivity index (χ0n) is 48.5. The van der Waals surface area contributed by atoms with E-state index in [1.165, 1.54) is 122 Å². The molecule has 0 spiro atoms. The van der Waals surface area contributed by atoms with Gasteiger partial charge in [-0.25, -0.2) is 4.57 Å². The normalized spacial score (nSPS) is 13.9. The maximum absolute atomic E-state index is 12.9. The van der Waals surface area contributed by atoms with E-state index in [9.17, 15) is 28.9 Å². The third-order valence-corrected chi connectivity index (χ3v) is 13.8. The molecule has 0 radical (unpaired) electrons. The van der Waals surface area contributed by atoms with Gasteiger partial charge in [0, 0.05) is 12.8 Å². The number of esters is 3. The molecule has 3 atom stereocenters. The van der Waals surface area contributed by atoms with Gasteiger partial charge in [-0.3, -0.25) is 23.4 Å². The summed E-state index contributed by atoms with van der Waals surface area (Å²) in [6.45, 7) is 4.42. The maximum Gasteiger partial charge on any atom is 0.472 e. The lowest BCUT2D eigenvalue weighted by Gasteiger charge is -2.21. The smallest absolute Gasteiger partial charge is 0.461 e. The first-order valence-electron chi connectivity index (χ1n) is 30.5. The van der Waals surface area contributed by atoms with Gasteiger partial charge in [-0.05, 0) is 77.0 Å². The predicted octanol–water partition coefficient (Wildman–Crippen LogP) is 18.3. The highest BCUT2D eigenvalue weighted by Crippen LogP contribution is 2.43. The van der Waals surface area contributed by atoms with E-state index in [1.807, 2.05) is 12.2 Å². The molecule has 438 valence electrons. The summed E-state index contributed by atoms with van der Waals surface area (Å²) in [6, 6.07) is 0. The number of aliphatic hydroxyl groups is 1. The van der Waals surface area contributed by atoms with E-state index in [2.05, 4.69) is 87.6 Å². The number of allylic oxidation sites excluding steroid dienone is 13. The molecule has 0 heterocycles. The molecule has 3 unspecified atom stereocenters. The number of ether oxygens (including phenoxy) is 3. The Kier molecular flexibility index (Phi) is 55.3. The van der Waals surface area contributed by atoms with E-state index in [0.717, 1.165) is 83.5 Å². The van der Waals surface area contributed by atoms with E-state index < -0.39 is 64.4 Å². The molecule has 2 N–H and O–H groups in total. The number of unbranched alkanes of at least 4 members (excludes halogenated alkanes) is 26. The highest BCUT2D eigenvalue weighted by molar-refractivity contribution is 7.47. The van der Waals surface area contributed by atoms with Crippen molar-refractivity contribution < 1.29 is 52.2 Å². The molecule has 0 aromatic carbocycles. The fourth-order valence-electron chi connectivity index (χ4n) is 8.23. The standard InChI is InChI=1S/C64H111O11P/c1-4-7-10-13-16-19-22-25-28-30-33-36-39-42-45-48-51-54-63(67)74-60(56-65)58-72-76(69,70)73-59-61(57-71-62(66)53-50-47-44-41-38-35-32-27-24-21-18-15-12-9-6-3)75-64(68)55-52-49-46-43-40-37-34-31-29-26-23-20-17-14-11-8-5-2/h9,12,17-18,20-21,26-27,29,32,38,41,47,50,60-61,65H,4-8,10-11,13-16,19,22-25,28,30-31,33-37,39-40,42-46,48-49,51-59H2,1-3H3,(H,69,70)/b12-9-,20-17-,21-18-,29-26-,32-27-,41-38-,50-47-. The van der Waals surface area contributed by atoms with Gasteiger partial charge in [0.1, 0.15) is 12.7 Å². The molecule has 0 rings (SSSR count). The van der Waals surface area contributed by atoms with Crippen LogP contribution in [0.3, 0.4) is 0 Å². The van der Waals surface area contributed by atoms with Gasteiger partial charge in [-0.2, -0.15) is 0 Å². The Bertz CT molecular complexity index is 1600. The van der Waals surface area contributed by atoms with Crippen LogP contribution in [0.25, 0.3) is 0 Å². The van der Waals surface area contributed by atoms with Crippen LogP contribution in [0.15, 0.2) is 85.1 Å². The van der Waals surface area contributed by atoms with Crippen molar-refractivity contribution >= 4 is 25.7 Å². The second-order valence-corrected chi connectivity index (χ2v) is 21.6. The van der Waals surface area contributed by atoms with E-state index in [4.69, 9.17) is 23.3 Å². The topological polar surface area (TPSA) is 155 Å². The summed E-state index contributed by atoms with van der Waals surface area (Å²) < 4.78 is 39.5. The van der Waals surface area contributed by atoms with Crippen LogP contribution in [0.5, 0.6) is 0 Å². The monoisotopic (exact) mass is 1090 g/mol. The zero-order valence-corrected chi connectivity index (χ0v) is 49.3. The largest absolute Gasteiger partial charge is 0.472 e. The Hall–Kier alpha value is -3.34. The summed E-state index contributed by atoms with van der Waals surface area (Å²) in [5.41, 5.74) is 0. The minimum absolute atomic E-state index is 0.00895. The van der Waals surface area contributed by atoms with Crippen molar-refractivity contribution in [3.05, 3.63) is 85.1 Å². The van der Waals surface area contributed by atoms with Crippen molar-refractivity contribution in [2.24, 2.45) is 0 Å². The van der Waals surface area contributed by atoms with Crippen molar-refractivity contribution in [1.82, 2.24) is 0 Å². The van der Waals surface area contributed by atoms with Crippen LogP contribution in [-0.2, 0) is 42.2 Å². The molecular weight excluding hydrogens is 976 g/mol. The molecule has 0 aromatic rings. The Morgan fingerprint density at radius 2 is 0.724 bits per heavy atom. The van der Waals surface area contributed by atoms with E-state index in [1.54, 1.807) is 6.08 Å². The summed E-state index contributed by atoms with van der Waals surface area (Å²) >= 11 is 0. The number of phosphoric ester groups is 1. The number of hydrogen-bond donors (Lipinski definition) is 2. The maximum atomic E-state index is 12.9. The fraction of sp³-hybridized carbons (Fsp3) is 0.734. The molecule has 11 nitrogen and oxygen atoms in total. The molecule has 0 aromatic heterocycles. The van der Waals surface area contributed by atoms with Gasteiger partial charge in [0.05, 0.1) is 26.2 Å². The number of rotatable bonds is 56. The van der Waals surface area contributed by atoms with Crippen molar-refractivity contribution in [1.29, 1.82) is 0 Å². The van der Waals surface area contributed by atoms with Crippen molar-refractivity contribution in [3.63, 3.8) is 0 Å². The number of phosphoric acid groups is 1. The molecule has 12 heteroatoms. The molecule has 0 aliphatic heterocycles. The second kappa shape index (κ2) is 57.8. The minimum Gasteiger partial charge on any atom is -0.461 e. The van der Waals surface area contributed by atoms with E-state index in [-0.39, 0.29) is 19.3 Å². The van der Waals surface area contributed by atoms with Crippen LogP contribution >= 0.6 is 7.82 Å². The van der Waals surface area contributed by atoms with Crippen LogP contribution < -0.4 is 0 Å². The number of aliphatic hydroxyl groups excluding tert-OH is 1. The summed E-state index contributed by atoms with van der Waals surface area (Å²) in [5, 5.41) is 9.84. The first-order valence-corrected chi connectivity index (χ1v) is 32.0. The lowest BCUT2D eigenvalue weighted by atomic mass is 10.0. The van der Waals surface area contributed by atoms with Gasteiger partial charge in [-0.15, -0.1) is 0 Å². The molecule has 0 fully saturated rings. The quantitative estimate of drug-likeness (QED) is 0.0197. The van der Waals surface area contributed by atoms with Crippen molar-refractivity contribution in [2.75, 3.05) is 26.4 Å². The van der Waals surface area contributed by atoms with Crippen LogP contribution in [0, 0.1) is 0 Å². The summed E-state index contributed by atoms with van der Waals surface area (Å²) in [4.78, 5) is 48.6. The lowest BCUT2D eigenvalue weighted by molar-refractivity contribution is -0.161. The highest BCUT2D eigenvalue weighted by atomic mass is 31.2. The van der Waals surface area contributed by atoms with Crippen molar-refractivity contribution in [2.45, 2.75) is 277 Å². The van der Waals surface area contributed by atoms with Gasteiger partial charge < -0.3 is 24.2 Å². The van der Waals surface area contributed by atoms with Crippen LogP contribution in [0.4, 0.5) is 0 Å². The molecular formula is C64H111O11P. The van der Waals surface area contributed by atoms with Gasteiger partial charge in [0.15, 0.2) is 6.10 Å². The predicted molar refractivity (Wildman–Crippen MR) is 316 cm³/mol. The summed E-state index contributed by atoms with van der Waals surface area (Å²) in [7, 11) is -4.77. The Morgan fingerprint density at radius 1 is 0.395 bits per heavy atom. The molecule has 0 saturated heterocycles. The Balaban J connectivity index is 4.78. The van der Waals surface area contributed by atoms with Crippen LogP contribution in [0.2, 0.25) is 0 Å². The molecule has 0 aliphatic rings. The lowest BCUT2D eigenvalue weighted by Crippen LogP contribution is -2.30. The third-order valence-electron chi connectivity index (χ3n) is 12.8. The van der Waals surface area contributed by atoms with Crippen molar-refractivity contribution in [3.8, 4) is 0 Å². The molecule has 0 aliphatic carbocycles. The number of carbonyl (C=O) groups excluding carboxylic acids is 3. The minimum atomic E-state index is -4.77. The molecule has 0 bridgehead atoms. The van der Waals surface area contributed by atoms with Gasteiger partial charge in [-0.1, -0.05) is 254 Å². The van der Waals surface area contributed by atoms with E-state index >= 15 is 0 Å². The number of hydrogen-bond acceptors (Lipinski definition) is 10. The zero-order chi connectivity index (χ0) is 55.5. The summed E-state index contributed by atoms with van der Waals surface area (Å²) in [6.07, 6.45) is 67.1. The van der Waals surface area contributed by atoms with Gasteiger partial charge >= 0.3 is 25.7 Å². The first kappa shape index (κ1) is 72.7. The Morgan fingerprint density at radius 3 is 1.14 bits per heavy atom. The SMILES string of the molecule is CC/C=C\C/C=C\C/C=C\C/C=C\C/C=C\CC(=O)OCC(COP(=O)(O)OCC(CO)OC(=O)CCCCCCCCCCCCCCCCCCC)OC(=O)CCCCCCCCC/C=C\C/C=C\CCCCC. The summed E-state index contributed by atoms with van der Waals surface area (Å²) in [5.74, 6) is -1.62. The average Bonchev–Trinajstić information content (AvgIpc) is 3.41. The molecule has 76 heavy (non-hydrogen) atoms. The van der Waals surface area contributed by atoms with Crippen LogP contribution in [-0.4, -0.2) is 66.5 Å². The first-order chi connectivity index (χ1) is 37.2. The second-order valence-electron chi connectivity index (χ2n) is 20.2. The highest BCUT2D eigenvalue weighted by Gasteiger charge is 2.28. The fourth-order valence-corrected chi connectivity index (χ4v) is 9.01. The molecule has 0 amide bonds. The molecule has 0 saturated carbocycles. The van der Waals surface area contributed by atoms with Crippen LogP contribution in [0.1, 0.15) is 265 Å². The van der Waals surface area contributed by atoms with E-state index in [0.29, 0.717) is 19.3 Å². The average molecular weight is 1090 g/mol. The Labute approximate surface area is 464 Å². The van der Waals surface area contributed by atoms with Gasteiger partial charge in [0.2, 0.25) is 0 Å². The number of carbonyl (C=O) groups is 3. The van der Waals surface area contributed by atoms with Gasteiger partial charge in [0.25, 0.3) is 0 Å².